The molecular weight excluding hydrogens is 238 g/mol. The van der Waals surface area contributed by atoms with Crippen molar-refractivity contribution in [1.29, 1.82) is 0 Å². The van der Waals surface area contributed by atoms with Crippen molar-refractivity contribution in [3.63, 3.8) is 0 Å². The molecule has 2 aliphatic rings. The molecule has 0 bridgehead atoms. The first kappa shape index (κ1) is 13.0. The summed E-state index contributed by atoms with van der Waals surface area (Å²) < 4.78 is 6.17. The summed E-state index contributed by atoms with van der Waals surface area (Å²) in [6.45, 7) is 3.91. The fourth-order valence-electron chi connectivity index (χ4n) is 3.30. The Morgan fingerprint density at radius 2 is 2.21 bits per heavy atom. The minimum absolute atomic E-state index is 0.134. The molecule has 0 aromatic carbocycles. The number of pyridine rings is 1. The first-order valence-corrected chi connectivity index (χ1v) is 7.29. The Hall–Kier alpha value is -0.970. The Kier molecular flexibility index (Phi) is 3.82. The third-order valence-electron chi connectivity index (χ3n) is 4.50. The Balaban J connectivity index is 1.53. The van der Waals surface area contributed by atoms with E-state index in [4.69, 9.17) is 10.5 Å². The Morgan fingerprint density at radius 1 is 1.37 bits per heavy atom. The summed E-state index contributed by atoms with van der Waals surface area (Å²) in [7, 11) is 0. The predicted molar refractivity (Wildman–Crippen MR) is 74.6 cm³/mol. The van der Waals surface area contributed by atoms with Gasteiger partial charge in [0.2, 0.25) is 0 Å². The van der Waals surface area contributed by atoms with Crippen LogP contribution in [0.1, 0.15) is 31.2 Å². The van der Waals surface area contributed by atoms with Crippen LogP contribution in [-0.4, -0.2) is 41.2 Å². The molecular formula is C15H23N3O. The molecule has 4 nitrogen and oxygen atoms in total. The Labute approximate surface area is 115 Å². The molecule has 1 unspecified atom stereocenters. The van der Waals surface area contributed by atoms with Gasteiger partial charge < -0.3 is 10.5 Å². The number of aromatic nitrogens is 1. The molecule has 2 N–H and O–H groups in total. The molecule has 0 aliphatic carbocycles. The van der Waals surface area contributed by atoms with Gasteiger partial charge in [-0.15, -0.1) is 0 Å². The maximum Gasteiger partial charge on any atom is 0.0712 e. The fourth-order valence-corrected chi connectivity index (χ4v) is 3.30. The molecule has 2 fully saturated rings. The molecule has 0 saturated carbocycles. The van der Waals surface area contributed by atoms with Crippen molar-refractivity contribution in [1.82, 2.24) is 9.88 Å². The van der Waals surface area contributed by atoms with Crippen LogP contribution in [0.3, 0.4) is 0 Å². The first-order chi connectivity index (χ1) is 9.30. The van der Waals surface area contributed by atoms with Crippen molar-refractivity contribution >= 4 is 0 Å². The number of piperidine rings is 1. The van der Waals surface area contributed by atoms with Crippen LogP contribution in [0.15, 0.2) is 24.5 Å². The molecule has 0 amide bonds. The van der Waals surface area contributed by atoms with E-state index in [2.05, 4.69) is 16.0 Å². The molecule has 2 saturated heterocycles. The van der Waals surface area contributed by atoms with E-state index >= 15 is 0 Å². The molecule has 1 aromatic heterocycles. The van der Waals surface area contributed by atoms with Gasteiger partial charge in [-0.05, 0) is 37.3 Å². The number of nitrogens with zero attached hydrogens (tertiary/aromatic N) is 2. The van der Waals surface area contributed by atoms with Gasteiger partial charge in [0.25, 0.3) is 0 Å². The van der Waals surface area contributed by atoms with Crippen LogP contribution in [-0.2, 0) is 11.3 Å². The summed E-state index contributed by atoms with van der Waals surface area (Å²) >= 11 is 0. The third-order valence-corrected chi connectivity index (χ3v) is 4.50. The molecule has 1 aromatic rings. The number of likely N-dealkylation sites (tertiary alicyclic amines) is 1. The standard InChI is InChI=1S/C15H23N3O/c16-10-14-3-4-15(19-14)5-8-18(9-6-15)12-13-2-1-7-17-11-13/h1-2,7,11,14H,3-6,8-10,12,16H2. The topological polar surface area (TPSA) is 51.4 Å². The zero-order valence-electron chi connectivity index (χ0n) is 11.4. The molecule has 4 heteroatoms. The highest BCUT2D eigenvalue weighted by Crippen LogP contribution is 2.38. The van der Waals surface area contributed by atoms with E-state index in [1.54, 1.807) is 0 Å². The first-order valence-electron chi connectivity index (χ1n) is 7.29. The maximum absolute atomic E-state index is 6.17. The second-order valence-corrected chi connectivity index (χ2v) is 5.83. The molecule has 3 rings (SSSR count). The van der Waals surface area contributed by atoms with Crippen LogP contribution in [0.4, 0.5) is 0 Å². The average Bonchev–Trinajstić information content (AvgIpc) is 2.86. The van der Waals surface area contributed by atoms with Gasteiger partial charge in [0.05, 0.1) is 11.7 Å². The normalized spacial score (nSPS) is 26.9. The summed E-state index contributed by atoms with van der Waals surface area (Å²) in [6, 6.07) is 4.15. The van der Waals surface area contributed by atoms with Gasteiger partial charge in [0, 0.05) is 38.6 Å². The highest BCUT2D eigenvalue weighted by molar-refractivity contribution is 5.08. The van der Waals surface area contributed by atoms with E-state index in [9.17, 15) is 0 Å². The molecule has 19 heavy (non-hydrogen) atoms. The number of hydrogen-bond acceptors (Lipinski definition) is 4. The number of nitrogens with two attached hydrogens (primary N) is 1. The van der Waals surface area contributed by atoms with Gasteiger partial charge in [-0.3, -0.25) is 9.88 Å². The van der Waals surface area contributed by atoms with Crippen molar-refractivity contribution in [2.45, 2.75) is 43.9 Å². The maximum atomic E-state index is 6.17. The van der Waals surface area contributed by atoms with Crippen molar-refractivity contribution in [3.8, 4) is 0 Å². The van der Waals surface area contributed by atoms with Gasteiger partial charge in [-0.2, -0.15) is 0 Å². The van der Waals surface area contributed by atoms with Gasteiger partial charge in [0.15, 0.2) is 0 Å². The molecule has 0 radical (unpaired) electrons. The molecule has 1 spiro atoms. The summed E-state index contributed by atoms with van der Waals surface area (Å²) in [5.74, 6) is 0. The molecule has 3 heterocycles. The van der Waals surface area contributed by atoms with E-state index in [-0.39, 0.29) is 5.60 Å². The number of hydrogen-bond donors (Lipinski definition) is 1. The van der Waals surface area contributed by atoms with E-state index in [1.165, 1.54) is 12.0 Å². The number of rotatable bonds is 3. The molecule has 104 valence electrons. The van der Waals surface area contributed by atoms with Crippen LogP contribution < -0.4 is 5.73 Å². The zero-order chi connectivity index (χ0) is 13.1. The van der Waals surface area contributed by atoms with Crippen molar-refractivity contribution in [2.75, 3.05) is 19.6 Å². The second-order valence-electron chi connectivity index (χ2n) is 5.83. The van der Waals surface area contributed by atoms with E-state index in [1.807, 2.05) is 18.5 Å². The lowest BCUT2D eigenvalue weighted by molar-refractivity contribution is -0.0749. The minimum atomic E-state index is 0.134. The highest BCUT2D eigenvalue weighted by atomic mass is 16.5. The second kappa shape index (κ2) is 5.57. The summed E-state index contributed by atoms with van der Waals surface area (Å²) in [5, 5.41) is 0. The largest absolute Gasteiger partial charge is 0.370 e. The SMILES string of the molecule is NCC1CCC2(CCN(Cc3cccnc3)CC2)O1. The van der Waals surface area contributed by atoms with Crippen LogP contribution in [0, 0.1) is 0 Å². The summed E-state index contributed by atoms with van der Waals surface area (Å²) in [5.41, 5.74) is 7.14. The van der Waals surface area contributed by atoms with E-state index in [0.717, 1.165) is 38.9 Å². The highest BCUT2D eigenvalue weighted by Gasteiger charge is 2.41. The van der Waals surface area contributed by atoms with E-state index in [0.29, 0.717) is 12.6 Å². The van der Waals surface area contributed by atoms with Crippen molar-refractivity contribution in [3.05, 3.63) is 30.1 Å². The third kappa shape index (κ3) is 2.96. The summed E-state index contributed by atoms with van der Waals surface area (Å²) in [6.07, 6.45) is 8.70. The van der Waals surface area contributed by atoms with Gasteiger partial charge in [-0.1, -0.05) is 6.07 Å². The van der Waals surface area contributed by atoms with Gasteiger partial charge >= 0.3 is 0 Å². The smallest absolute Gasteiger partial charge is 0.0712 e. The summed E-state index contributed by atoms with van der Waals surface area (Å²) in [4.78, 5) is 6.68. The monoisotopic (exact) mass is 261 g/mol. The van der Waals surface area contributed by atoms with Gasteiger partial charge in [-0.25, -0.2) is 0 Å². The van der Waals surface area contributed by atoms with E-state index < -0.39 is 0 Å². The Morgan fingerprint density at radius 3 is 2.84 bits per heavy atom. The fraction of sp³-hybridized carbons (Fsp3) is 0.667. The van der Waals surface area contributed by atoms with Crippen LogP contribution in [0.5, 0.6) is 0 Å². The lowest BCUT2D eigenvalue weighted by Gasteiger charge is -2.39. The van der Waals surface area contributed by atoms with Crippen molar-refractivity contribution in [2.24, 2.45) is 5.73 Å². The van der Waals surface area contributed by atoms with Crippen LogP contribution in [0.2, 0.25) is 0 Å². The van der Waals surface area contributed by atoms with Gasteiger partial charge in [0.1, 0.15) is 0 Å². The number of ether oxygens (including phenoxy) is 1. The van der Waals surface area contributed by atoms with Crippen LogP contribution in [0.25, 0.3) is 0 Å². The molecule has 2 aliphatic heterocycles. The minimum Gasteiger partial charge on any atom is -0.370 e. The van der Waals surface area contributed by atoms with Crippen molar-refractivity contribution < 1.29 is 4.74 Å². The molecule has 1 atom stereocenters. The lowest BCUT2D eigenvalue weighted by atomic mass is 9.88. The Bertz CT molecular complexity index is 401. The lowest BCUT2D eigenvalue weighted by Crippen LogP contribution is -2.44. The predicted octanol–water partition coefficient (Wildman–Crippen LogP) is 1.55. The average molecular weight is 261 g/mol. The van der Waals surface area contributed by atoms with Crippen LogP contribution >= 0.6 is 0 Å². The quantitative estimate of drug-likeness (QED) is 0.897. The zero-order valence-corrected chi connectivity index (χ0v) is 11.4.